The summed E-state index contributed by atoms with van der Waals surface area (Å²) in [5.74, 6) is 0.650. The molecule has 2 aromatic carbocycles. The van der Waals surface area contributed by atoms with Crippen LogP contribution in [0.15, 0.2) is 67.0 Å². The molecule has 0 aliphatic carbocycles. The number of aromatic nitrogens is 4. The molecule has 0 spiro atoms. The zero-order valence-electron chi connectivity index (χ0n) is 21.8. The van der Waals surface area contributed by atoms with Crippen molar-refractivity contribution in [3.05, 3.63) is 77.7 Å². The quantitative estimate of drug-likeness (QED) is 0.304. The van der Waals surface area contributed by atoms with Crippen LogP contribution in [-0.4, -0.2) is 37.5 Å². The van der Waals surface area contributed by atoms with Crippen molar-refractivity contribution in [1.29, 1.82) is 0 Å². The maximum atomic E-state index is 14.0. The predicted octanol–water partition coefficient (Wildman–Crippen LogP) is 6.23. The highest BCUT2D eigenvalue weighted by Crippen LogP contribution is 2.37. The molecule has 0 unspecified atom stereocenters. The number of carbonyl (C=O) groups is 2. The maximum Gasteiger partial charge on any atom is 0.412 e. The second kappa shape index (κ2) is 10.3. The normalized spacial score (nSPS) is 13.2. The Morgan fingerprint density at radius 2 is 1.82 bits per heavy atom. The Morgan fingerprint density at radius 3 is 2.51 bits per heavy atom. The maximum absolute atomic E-state index is 14.0. The SMILES string of the molecule is Cn1cc(Nc2ncc3c(n2)N(c2cccc(NC(=O)OC(C)(C)C)c2)C(=O)N(c2ccccc2)C3)c(Cl)n1. The summed E-state index contributed by atoms with van der Waals surface area (Å²) >= 11 is 6.21. The van der Waals surface area contributed by atoms with Gasteiger partial charge in [-0.3, -0.25) is 14.9 Å². The Balaban J connectivity index is 1.54. The zero-order valence-corrected chi connectivity index (χ0v) is 22.6. The summed E-state index contributed by atoms with van der Waals surface area (Å²) in [6.45, 7) is 5.63. The van der Waals surface area contributed by atoms with Gasteiger partial charge >= 0.3 is 12.1 Å². The monoisotopic (exact) mass is 546 g/mol. The van der Waals surface area contributed by atoms with Crippen molar-refractivity contribution in [2.24, 2.45) is 7.05 Å². The van der Waals surface area contributed by atoms with Crippen LogP contribution in [0.25, 0.3) is 0 Å². The fourth-order valence-corrected chi connectivity index (χ4v) is 4.28. The predicted molar refractivity (Wildman–Crippen MR) is 150 cm³/mol. The number of ether oxygens (including phenoxy) is 1. The Labute approximate surface area is 230 Å². The molecule has 2 aromatic heterocycles. The van der Waals surface area contributed by atoms with Crippen LogP contribution in [0, 0.1) is 0 Å². The molecule has 0 atom stereocenters. The summed E-state index contributed by atoms with van der Waals surface area (Å²) < 4.78 is 6.95. The average Bonchev–Trinajstić information content (AvgIpc) is 3.19. The van der Waals surface area contributed by atoms with Crippen molar-refractivity contribution in [2.75, 3.05) is 20.4 Å². The molecule has 4 aromatic rings. The standard InChI is InChI=1S/C27H27ClN8O3/c1-27(2,3)39-25(37)30-18-9-8-12-20(13-18)36-23-17(15-35(26(36)38)19-10-6-5-7-11-19)14-29-24(32-23)31-21-16-34(4)33-22(21)28/h5-14,16H,15H2,1-4H3,(H,30,37)(H,29,31,32). The van der Waals surface area contributed by atoms with Crippen molar-refractivity contribution in [3.63, 3.8) is 0 Å². The number of para-hydroxylation sites is 1. The van der Waals surface area contributed by atoms with Gasteiger partial charge in [-0.25, -0.2) is 19.5 Å². The van der Waals surface area contributed by atoms with Gasteiger partial charge in [-0.1, -0.05) is 35.9 Å². The molecule has 200 valence electrons. The summed E-state index contributed by atoms with van der Waals surface area (Å²) in [6, 6.07) is 16.0. The Hall–Kier alpha value is -4.64. The van der Waals surface area contributed by atoms with Crippen molar-refractivity contribution in [2.45, 2.75) is 32.9 Å². The molecule has 3 amide bonds. The van der Waals surface area contributed by atoms with Crippen molar-refractivity contribution in [3.8, 4) is 0 Å². The number of urea groups is 1. The molecule has 0 fully saturated rings. The Bertz CT molecular complexity index is 1530. The van der Waals surface area contributed by atoms with Crippen LogP contribution in [0.1, 0.15) is 26.3 Å². The summed E-state index contributed by atoms with van der Waals surface area (Å²) in [7, 11) is 1.75. The minimum Gasteiger partial charge on any atom is -0.444 e. The molecule has 11 nitrogen and oxygen atoms in total. The van der Waals surface area contributed by atoms with Crippen molar-refractivity contribution >= 4 is 58.2 Å². The van der Waals surface area contributed by atoms with Crippen LogP contribution in [0.5, 0.6) is 0 Å². The molecule has 5 rings (SSSR count). The van der Waals surface area contributed by atoms with E-state index in [4.69, 9.17) is 16.3 Å². The van der Waals surface area contributed by atoms with Gasteiger partial charge in [-0.05, 0) is 51.1 Å². The number of nitrogens with one attached hydrogen (secondary N) is 2. The molecule has 0 saturated carbocycles. The number of rotatable bonds is 5. The summed E-state index contributed by atoms with van der Waals surface area (Å²) in [5.41, 5.74) is 2.29. The number of halogens is 1. The lowest BCUT2D eigenvalue weighted by atomic mass is 10.1. The third-order valence-electron chi connectivity index (χ3n) is 5.65. The number of aryl methyl sites for hydroxylation is 1. The van der Waals surface area contributed by atoms with E-state index in [2.05, 4.69) is 25.7 Å². The van der Waals surface area contributed by atoms with Gasteiger partial charge in [0.1, 0.15) is 5.60 Å². The summed E-state index contributed by atoms with van der Waals surface area (Å²) in [6.07, 6.45) is 2.78. The van der Waals surface area contributed by atoms with E-state index in [0.717, 1.165) is 11.3 Å². The summed E-state index contributed by atoms with van der Waals surface area (Å²) in [5, 5.41) is 10.2. The molecule has 39 heavy (non-hydrogen) atoms. The van der Waals surface area contributed by atoms with Crippen LogP contribution in [-0.2, 0) is 18.3 Å². The molecule has 3 heterocycles. The lowest BCUT2D eigenvalue weighted by Gasteiger charge is -2.36. The topological polar surface area (TPSA) is 118 Å². The third kappa shape index (κ3) is 5.78. The number of hydrogen-bond donors (Lipinski definition) is 2. The summed E-state index contributed by atoms with van der Waals surface area (Å²) in [4.78, 5) is 38.6. The van der Waals surface area contributed by atoms with Gasteiger partial charge in [0, 0.05) is 36.4 Å². The van der Waals surface area contributed by atoms with E-state index in [1.54, 1.807) is 74.1 Å². The molecule has 0 bridgehead atoms. The van der Waals surface area contributed by atoms with Crippen LogP contribution < -0.4 is 20.4 Å². The van der Waals surface area contributed by atoms with Gasteiger partial charge in [-0.15, -0.1) is 0 Å². The Kier molecular flexibility index (Phi) is 6.83. The van der Waals surface area contributed by atoms with Crippen LogP contribution in [0.4, 0.5) is 44.1 Å². The van der Waals surface area contributed by atoms with Crippen LogP contribution >= 0.6 is 11.6 Å². The second-order valence-electron chi connectivity index (χ2n) is 9.89. The number of hydrogen-bond acceptors (Lipinski definition) is 7. The second-order valence-corrected chi connectivity index (χ2v) is 10.2. The fourth-order valence-electron chi connectivity index (χ4n) is 4.06. The van der Waals surface area contributed by atoms with E-state index in [9.17, 15) is 9.59 Å². The Morgan fingerprint density at radius 1 is 1.08 bits per heavy atom. The highest BCUT2D eigenvalue weighted by atomic mass is 35.5. The molecule has 2 N–H and O–H groups in total. The van der Waals surface area contributed by atoms with Gasteiger partial charge < -0.3 is 10.1 Å². The molecule has 0 saturated heterocycles. The first kappa shape index (κ1) is 26.0. The number of carbonyl (C=O) groups excluding carboxylic acids is 2. The number of fused-ring (bicyclic) bond motifs is 1. The number of nitrogens with zero attached hydrogens (tertiary/aromatic N) is 6. The first-order chi connectivity index (χ1) is 18.6. The lowest BCUT2D eigenvalue weighted by Crippen LogP contribution is -2.45. The van der Waals surface area contributed by atoms with Gasteiger partial charge in [0.05, 0.1) is 17.9 Å². The first-order valence-electron chi connectivity index (χ1n) is 12.2. The molecule has 1 aliphatic rings. The van der Waals surface area contributed by atoms with Gasteiger partial charge in [0.25, 0.3) is 0 Å². The number of anilines is 6. The zero-order chi connectivity index (χ0) is 27.7. The van der Waals surface area contributed by atoms with Crippen molar-refractivity contribution in [1.82, 2.24) is 19.7 Å². The van der Waals surface area contributed by atoms with E-state index in [1.807, 2.05) is 30.3 Å². The van der Waals surface area contributed by atoms with Gasteiger partial charge in [-0.2, -0.15) is 10.1 Å². The molecular weight excluding hydrogens is 520 g/mol. The van der Waals surface area contributed by atoms with Gasteiger partial charge in [0.15, 0.2) is 11.0 Å². The van der Waals surface area contributed by atoms with E-state index in [1.165, 1.54) is 4.90 Å². The number of amides is 3. The van der Waals surface area contributed by atoms with Crippen LogP contribution in [0.3, 0.4) is 0 Å². The third-order valence-corrected chi connectivity index (χ3v) is 5.93. The first-order valence-corrected chi connectivity index (χ1v) is 12.5. The van der Waals surface area contributed by atoms with Gasteiger partial charge in [0.2, 0.25) is 5.95 Å². The van der Waals surface area contributed by atoms with E-state index in [-0.39, 0.29) is 23.7 Å². The van der Waals surface area contributed by atoms with E-state index in [0.29, 0.717) is 22.9 Å². The average molecular weight is 547 g/mol. The highest BCUT2D eigenvalue weighted by Gasteiger charge is 2.34. The molecule has 0 radical (unpaired) electrons. The minimum absolute atomic E-state index is 0.248. The fraction of sp³-hybridized carbons (Fsp3) is 0.222. The highest BCUT2D eigenvalue weighted by molar-refractivity contribution is 6.32. The smallest absolute Gasteiger partial charge is 0.412 e. The van der Waals surface area contributed by atoms with E-state index >= 15 is 0 Å². The van der Waals surface area contributed by atoms with Crippen LogP contribution in [0.2, 0.25) is 5.15 Å². The number of benzene rings is 2. The van der Waals surface area contributed by atoms with Crippen molar-refractivity contribution < 1.29 is 14.3 Å². The van der Waals surface area contributed by atoms with E-state index < -0.39 is 11.7 Å². The molecule has 1 aliphatic heterocycles. The minimum atomic E-state index is -0.656. The lowest BCUT2D eigenvalue weighted by molar-refractivity contribution is 0.0636. The molecule has 12 heteroatoms. The molecular formula is C27H27ClN8O3. The largest absolute Gasteiger partial charge is 0.444 e.